The predicted molar refractivity (Wildman–Crippen MR) is 265 cm³/mol. The smallest absolute Gasteiger partial charge is 0.000742 e. The van der Waals surface area contributed by atoms with Gasteiger partial charge in [0.25, 0.3) is 0 Å². The fourth-order valence-corrected chi connectivity index (χ4v) is 9.79. The normalized spacial score (nSPS) is 11.7. The lowest BCUT2D eigenvalue weighted by molar-refractivity contribution is 0.717. The molecule has 8 rings (SSSR count). The van der Waals surface area contributed by atoms with Crippen LogP contribution in [0.25, 0.3) is 76.8 Å². The number of hydrogen-bond acceptors (Lipinski definition) is 0. The van der Waals surface area contributed by atoms with E-state index in [1.807, 2.05) is 0 Å². The Bertz CT molecular complexity index is 2580. The van der Waals surface area contributed by atoms with Crippen LogP contribution in [0.1, 0.15) is 127 Å². The topological polar surface area (TPSA) is 0 Å². The quantitative estimate of drug-likeness (QED) is 0.0533. The molecular weight excluding hydrogens is 721 g/mol. The monoisotopic (exact) mass is 787 g/mol. The summed E-state index contributed by atoms with van der Waals surface area (Å²) in [4.78, 5) is 0. The highest BCUT2D eigenvalue weighted by atomic mass is 14.3. The second-order valence-corrected chi connectivity index (χ2v) is 17.6. The van der Waals surface area contributed by atoms with Crippen molar-refractivity contribution in [2.75, 3.05) is 0 Å². The minimum atomic E-state index is 1.13. The Balaban J connectivity index is 1.45. The molecule has 0 aliphatic carbocycles. The highest BCUT2D eigenvalue weighted by molar-refractivity contribution is 6.34. The van der Waals surface area contributed by atoms with Crippen molar-refractivity contribution in [3.05, 3.63) is 156 Å². The highest BCUT2D eigenvalue weighted by Crippen LogP contribution is 2.53. The summed E-state index contributed by atoms with van der Waals surface area (Å²) in [6, 6.07) is 52.9. The molecule has 0 aromatic heterocycles. The third kappa shape index (κ3) is 8.95. The molecule has 0 nitrogen and oxygen atoms in total. The first-order valence-corrected chi connectivity index (χ1v) is 23.8. The summed E-state index contributed by atoms with van der Waals surface area (Å²) in [6.07, 6.45) is 19.6. The second-order valence-electron chi connectivity index (χ2n) is 17.6. The van der Waals surface area contributed by atoms with E-state index in [1.54, 1.807) is 0 Å². The van der Waals surface area contributed by atoms with Crippen LogP contribution in [0.2, 0.25) is 0 Å². The lowest BCUT2D eigenvalue weighted by atomic mass is 9.77. The molecule has 0 aliphatic rings. The van der Waals surface area contributed by atoms with Crippen molar-refractivity contribution >= 4 is 32.3 Å². The van der Waals surface area contributed by atoms with Gasteiger partial charge in [-0.1, -0.05) is 206 Å². The molecule has 306 valence electrons. The lowest BCUT2D eigenvalue weighted by Gasteiger charge is -2.26. The van der Waals surface area contributed by atoms with Gasteiger partial charge in [0.2, 0.25) is 0 Å². The second kappa shape index (κ2) is 19.9. The molecule has 0 heteroatoms. The average Bonchev–Trinajstić information content (AvgIpc) is 3.29. The molecule has 0 unspecified atom stereocenters. The van der Waals surface area contributed by atoms with Crippen molar-refractivity contribution in [3.8, 4) is 44.5 Å². The van der Waals surface area contributed by atoms with E-state index in [0.717, 1.165) is 25.7 Å². The fourth-order valence-electron chi connectivity index (χ4n) is 9.79. The zero-order valence-electron chi connectivity index (χ0n) is 37.0. The molecule has 8 aromatic carbocycles. The van der Waals surface area contributed by atoms with Gasteiger partial charge in [0, 0.05) is 0 Å². The molecule has 0 radical (unpaired) electrons. The van der Waals surface area contributed by atoms with Crippen LogP contribution >= 0.6 is 0 Å². The molecule has 0 fully saturated rings. The molecule has 60 heavy (non-hydrogen) atoms. The van der Waals surface area contributed by atoms with E-state index in [9.17, 15) is 0 Å². The molecule has 0 spiro atoms. The summed E-state index contributed by atoms with van der Waals surface area (Å²) in [5.41, 5.74) is 16.3. The SMILES string of the molecule is CCCCCc1ccc(-c2c(-c3ccc(CCCCC)cc3)c3ccc4cccc5cc(-c6ccc(CCCCC)cc6)c(c2-c2ccc(CCCCC)cc2)c3c45)cc1. The average molecular weight is 787 g/mol. The third-order valence-electron chi connectivity index (χ3n) is 13.2. The van der Waals surface area contributed by atoms with Gasteiger partial charge in [-0.3, -0.25) is 0 Å². The van der Waals surface area contributed by atoms with Gasteiger partial charge in [0.05, 0.1) is 0 Å². The van der Waals surface area contributed by atoms with Gasteiger partial charge in [0.1, 0.15) is 0 Å². The Labute approximate surface area is 361 Å². The predicted octanol–water partition coefficient (Wildman–Crippen LogP) is 18.2. The molecule has 0 amide bonds. The number of rotatable bonds is 20. The molecule has 0 atom stereocenters. The zero-order valence-corrected chi connectivity index (χ0v) is 37.0. The van der Waals surface area contributed by atoms with Crippen molar-refractivity contribution in [1.82, 2.24) is 0 Å². The van der Waals surface area contributed by atoms with Crippen molar-refractivity contribution in [1.29, 1.82) is 0 Å². The van der Waals surface area contributed by atoms with E-state index < -0.39 is 0 Å². The minimum absolute atomic E-state index is 1.13. The maximum Gasteiger partial charge on any atom is -0.000742 e. The summed E-state index contributed by atoms with van der Waals surface area (Å²) in [7, 11) is 0. The van der Waals surface area contributed by atoms with Crippen LogP contribution in [0.15, 0.2) is 133 Å². The van der Waals surface area contributed by atoms with Crippen molar-refractivity contribution in [3.63, 3.8) is 0 Å². The summed E-state index contributed by atoms with van der Waals surface area (Å²) < 4.78 is 0. The zero-order chi connectivity index (χ0) is 41.3. The summed E-state index contributed by atoms with van der Waals surface area (Å²) in [5.74, 6) is 0. The standard InChI is InChI=1S/C60H66/c1-5-9-13-18-43-24-32-47(33-25-43)54-42-52-23-17-22-48-40-41-53-56(49-34-26-44(27-35-49)19-14-10-6-2)57(50-36-28-45(29-37-50)20-15-11-7-3)58(60(54)59(53)55(48)52)51-38-30-46(31-39-51)21-16-12-8-4/h17,22-42H,5-16,18-21H2,1-4H3. The first kappa shape index (κ1) is 41.5. The van der Waals surface area contributed by atoms with Gasteiger partial charge >= 0.3 is 0 Å². The number of aryl methyl sites for hydroxylation is 4. The van der Waals surface area contributed by atoms with E-state index in [1.165, 1.54) is 176 Å². The molecule has 0 saturated carbocycles. The van der Waals surface area contributed by atoms with Crippen molar-refractivity contribution in [2.24, 2.45) is 0 Å². The van der Waals surface area contributed by atoms with Crippen molar-refractivity contribution in [2.45, 2.75) is 130 Å². The maximum atomic E-state index is 2.50. The van der Waals surface area contributed by atoms with Gasteiger partial charge in [-0.15, -0.1) is 0 Å². The molecule has 0 N–H and O–H groups in total. The van der Waals surface area contributed by atoms with E-state index in [4.69, 9.17) is 0 Å². The Kier molecular flexibility index (Phi) is 13.8. The van der Waals surface area contributed by atoms with Crippen LogP contribution in [0.5, 0.6) is 0 Å². The summed E-state index contributed by atoms with van der Waals surface area (Å²) in [6.45, 7) is 9.18. The lowest BCUT2D eigenvalue weighted by Crippen LogP contribution is -1.99. The Morgan fingerprint density at radius 2 is 0.700 bits per heavy atom. The molecule has 0 heterocycles. The molecule has 8 aromatic rings. The Morgan fingerprint density at radius 1 is 0.300 bits per heavy atom. The van der Waals surface area contributed by atoms with Gasteiger partial charge in [-0.25, -0.2) is 0 Å². The van der Waals surface area contributed by atoms with E-state index in [2.05, 4.69) is 161 Å². The fraction of sp³-hybridized carbons (Fsp3) is 0.333. The van der Waals surface area contributed by atoms with Crippen molar-refractivity contribution < 1.29 is 0 Å². The van der Waals surface area contributed by atoms with E-state index in [-0.39, 0.29) is 0 Å². The first-order chi connectivity index (χ1) is 29.6. The number of unbranched alkanes of at least 4 members (excludes halogenated alkanes) is 8. The summed E-state index contributed by atoms with van der Waals surface area (Å²) >= 11 is 0. The Morgan fingerprint density at radius 3 is 1.15 bits per heavy atom. The van der Waals surface area contributed by atoms with Gasteiger partial charge in [-0.2, -0.15) is 0 Å². The molecule has 0 saturated heterocycles. The van der Waals surface area contributed by atoms with Gasteiger partial charge in [-0.05, 0) is 157 Å². The van der Waals surface area contributed by atoms with Crippen LogP contribution in [0, 0.1) is 0 Å². The van der Waals surface area contributed by atoms with Crippen LogP contribution in [-0.4, -0.2) is 0 Å². The van der Waals surface area contributed by atoms with Crippen LogP contribution in [-0.2, 0) is 25.7 Å². The number of benzene rings is 8. The van der Waals surface area contributed by atoms with Gasteiger partial charge in [0.15, 0.2) is 0 Å². The van der Waals surface area contributed by atoms with E-state index in [0.29, 0.717) is 0 Å². The highest BCUT2D eigenvalue weighted by Gasteiger charge is 2.26. The largest absolute Gasteiger partial charge is 0.0654 e. The van der Waals surface area contributed by atoms with Gasteiger partial charge < -0.3 is 0 Å². The van der Waals surface area contributed by atoms with E-state index >= 15 is 0 Å². The number of hydrogen-bond donors (Lipinski definition) is 0. The van der Waals surface area contributed by atoms with Crippen LogP contribution in [0.3, 0.4) is 0 Å². The Hall–Kier alpha value is -5.20. The molecule has 0 aliphatic heterocycles. The third-order valence-corrected chi connectivity index (χ3v) is 13.2. The van der Waals surface area contributed by atoms with Crippen LogP contribution in [0.4, 0.5) is 0 Å². The summed E-state index contributed by atoms with van der Waals surface area (Å²) in [5, 5.41) is 8.09. The minimum Gasteiger partial charge on any atom is -0.0654 e. The van der Waals surface area contributed by atoms with Crippen LogP contribution < -0.4 is 0 Å². The first-order valence-electron chi connectivity index (χ1n) is 23.8. The maximum absolute atomic E-state index is 2.50. The molecule has 0 bridgehead atoms. The molecular formula is C60H66.